The van der Waals surface area contributed by atoms with Crippen LogP contribution in [0.1, 0.15) is 5.69 Å². The van der Waals surface area contributed by atoms with Crippen LogP contribution < -0.4 is 9.64 Å². The summed E-state index contributed by atoms with van der Waals surface area (Å²) in [5.41, 5.74) is 4.09. The molecule has 1 aromatic heterocycles. The molecule has 1 aliphatic rings. The van der Waals surface area contributed by atoms with Gasteiger partial charge in [0, 0.05) is 47.8 Å². The standard InChI is InChI=1S/C26H25ClN4O/c1-30-11-13-31(14-12-30)26-4-2-3-20-7-10-24(16-25(20)26)32-18-23-15-21(17-28-29-23)19-5-8-22(27)9-6-19/h2-10,15-17H,11-14,18H2,1H3. The topological polar surface area (TPSA) is 41.5 Å². The van der Waals surface area contributed by atoms with Crippen LogP contribution in [0.5, 0.6) is 5.75 Å². The van der Waals surface area contributed by atoms with E-state index in [0.717, 1.165) is 48.7 Å². The molecule has 0 bridgehead atoms. The lowest BCUT2D eigenvalue weighted by Gasteiger charge is -2.34. The molecule has 5 rings (SSSR count). The van der Waals surface area contributed by atoms with Gasteiger partial charge in [0.15, 0.2) is 0 Å². The summed E-state index contributed by atoms with van der Waals surface area (Å²) in [4.78, 5) is 4.84. The normalized spacial score (nSPS) is 14.6. The highest BCUT2D eigenvalue weighted by Gasteiger charge is 2.16. The molecule has 5 nitrogen and oxygen atoms in total. The molecule has 0 N–H and O–H groups in total. The number of piperazine rings is 1. The minimum atomic E-state index is 0.358. The fourth-order valence-corrected chi connectivity index (χ4v) is 4.21. The van der Waals surface area contributed by atoms with E-state index in [1.54, 1.807) is 6.20 Å². The first-order valence-corrected chi connectivity index (χ1v) is 11.2. The van der Waals surface area contributed by atoms with E-state index in [4.69, 9.17) is 16.3 Å². The van der Waals surface area contributed by atoms with E-state index in [1.165, 1.54) is 16.5 Å². The molecule has 32 heavy (non-hydrogen) atoms. The van der Waals surface area contributed by atoms with E-state index < -0.39 is 0 Å². The van der Waals surface area contributed by atoms with Crippen LogP contribution in [0.4, 0.5) is 5.69 Å². The van der Waals surface area contributed by atoms with Crippen molar-refractivity contribution >= 4 is 28.1 Å². The van der Waals surface area contributed by atoms with Crippen molar-refractivity contribution in [1.82, 2.24) is 15.1 Å². The first kappa shape index (κ1) is 20.7. The van der Waals surface area contributed by atoms with Crippen LogP contribution in [-0.2, 0) is 6.61 Å². The minimum Gasteiger partial charge on any atom is -0.487 e. The van der Waals surface area contributed by atoms with Gasteiger partial charge in [0.1, 0.15) is 18.1 Å². The Bertz CT molecular complexity index is 1220. The molecule has 0 saturated carbocycles. The van der Waals surface area contributed by atoms with Crippen molar-refractivity contribution in [3.8, 4) is 16.9 Å². The van der Waals surface area contributed by atoms with Gasteiger partial charge in [0.25, 0.3) is 0 Å². The van der Waals surface area contributed by atoms with E-state index in [2.05, 4.69) is 57.4 Å². The van der Waals surface area contributed by atoms with Crippen LogP contribution >= 0.6 is 11.6 Å². The van der Waals surface area contributed by atoms with Gasteiger partial charge in [0.05, 0.1) is 6.20 Å². The number of benzene rings is 3. The van der Waals surface area contributed by atoms with Crippen LogP contribution in [0, 0.1) is 0 Å². The fourth-order valence-electron chi connectivity index (χ4n) is 4.09. The number of halogens is 1. The highest BCUT2D eigenvalue weighted by Crippen LogP contribution is 2.31. The quantitative estimate of drug-likeness (QED) is 0.419. The molecule has 1 saturated heterocycles. The molecule has 4 aromatic rings. The van der Waals surface area contributed by atoms with E-state index in [-0.39, 0.29) is 0 Å². The lowest BCUT2D eigenvalue weighted by atomic mass is 10.1. The summed E-state index contributed by atoms with van der Waals surface area (Å²) in [6.45, 7) is 4.59. The lowest BCUT2D eigenvalue weighted by Crippen LogP contribution is -2.44. The molecule has 6 heteroatoms. The molecule has 3 aromatic carbocycles. The predicted molar refractivity (Wildman–Crippen MR) is 130 cm³/mol. The second-order valence-corrected chi connectivity index (χ2v) is 8.62. The summed E-state index contributed by atoms with van der Waals surface area (Å²) in [7, 11) is 2.18. The molecular weight excluding hydrogens is 420 g/mol. The molecule has 2 heterocycles. The van der Waals surface area contributed by atoms with Crippen molar-refractivity contribution < 1.29 is 4.74 Å². The van der Waals surface area contributed by atoms with Crippen LogP contribution in [0.15, 0.2) is 72.9 Å². The van der Waals surface area contributed by atoms with Gasteiger partial charge in [-0.1, -0.05) is 41.9 Å². The molecule has 0 atom stereocenters. The Kier molecular flexibility index (Phi) is 5.93. The second kappa shape index (κ2) is 9.15. The molecule has 0 aliphatic carbocycles. The van der Waals surface area contributed by atoms with Crippen molar-refractivity contribution in [3.05, 3.63) is 83.6 Å². The Hall–Kier alpha value is -3.15. The number of fused-ring (bicyclic) bond motifs is 1. The number of hydrogen-bond acceptors (Lipinski definition) is 5. The Morgan fingerprint density at radius 2 is 1.72 bits per heavy atom. The maximum Gasteiger partial charge on any atom is 0.132 e. The summed E-state index contributed by atoms with van der Waals surface area (Å²) in [5.74, 6) is 0.831. The Morgan fingerprint density at radius 3 is 2.53 bits per heavy atom. The van der Waals surface area contributed by atoms with Gasteiger partial charge < -0.3 is 14.5 Å². The molecule has 0 spiro atoms. The zero-order valence-electron chi connectivity index (χ0n) is 18.0. The largest absolute Gasteiger partial charge is 0.487 e. The number of nitrogens with zero attached hydrogens (tertiary/aromatic N) is 4. The van der Waals surface area contributed by atoms with Crippen LogP contribution in [0.25, 0.3) is 21.9 Å². The molecule has 1 aliphatic heterocycles. The van der Waals surface area contributed by atoms with Gasteiger partial charge in [-0.2, -0.15) is 10.2 Å². The van der Waals surface area contributed by atoms with Gasteiger partial charge >= 0.3 is 0 Å². The van der Waals surface area contributed by atoms with Crippen LogP contribution in [0.3, 0.4) is 0 Å². The number of likely N-dealkylation sites (N-methyl/N-ethyl adjacent to an activating group) is 1. The number of hydrogen-bond donors (Lipinski definition) is 0. The van der Waals surface area contributed by atoms with E-state index in [1.807, 2.05) is 36.4 Å². The van der Waals surface area contributed by atoms with Crippen molar-refractivity contribution in [1.29, 1.82) is 0 Å². The third kappa shape index (κ3) is 4.54. The first-order chi connectivity index (χ1) is 15.7. The van der Waals surface area contributed by atoms with Gasteiger partial charge in [-0.3, -0.25) is 0 Å². The third-order valence-corrected chi connectivity index (χ3v) is 6.20. The van der Waals surface area contributed by atoms with Crippen LogP contribution in [0.2, 0.25) is 5.02 Å². The van der Waals surface area contributed by atoms with Crippen molar-refractivity contribution in [2.24, 2.45) is 0 Å². The number of ether oxygens (including phenoxy) is 1. The van der Waals surface area contributed by atoms with E-state index >= 15 is 0 Å². The van der Waals surface area contributed by atoms with Crippen LogP contribution in [-0.4, -0.2) is 48.3 Å². The SMILES string of the molecule is CN1CCN(c2cccc3ccc(OCc4cc(-c5ccc(Cl)cc5)cnn4)cc23)CC1. The molecular formula is C26H25ClN4O. The minimum absolute atomic E-state index is 0.358. The smallest absolute Gasteiger partial charge is 0.132 e. The molecule has 1 fully saturated rings. The number of aromatic nitrogens is 2. The fraction of sp³-hybridized carbons (Fsp3) is 0.231. The molecule has 162 valence electrons. The van der Waals surface area contributed by atoms with Gasteiger partial charge in [-0.25, -0.2) is 0 Å². The molecule has 0 unspecified atom stereocenters. The van der Waals surface area contributed by atoms with Crippen molar-refractivity contribution in [2.45, 2.75) is 6.61 Å². The van der Waals surface area contributed by atoms with Gasteiger partial charge in [0.2, 0.25) is 0 Å². The molecule has 0 radical (unpaired) electrons. The summed E-state index contributed by atoms with van der Waals surface area (Å²) >= 11 is 6.00. The summed E-state index contributed by atoms with van der Waals surface area (Å²) in [5, 5.41) is 11.6. The monoisotopic (exact) mass is 444 g/mol. The average molecular weight is 445 g/mol. The van der Waals surface area contributed by atoms with Gasteiger partial charge in [-0.15, -0.1) is 0 Å². The Morgan fingerprint density at radius 1 is 0.906 bits per heavy atom. The Labute approximate surface area is 193 Å². The second-order valence-electron chi connectivity index (χ2n) is 8.18. The first-order valence-electron chi connectivity index (χ1n) is 10.8. The maximum absolute atomic E-state index is 6.12. The summed E-state index contributed by atoms with van der Waals surface area (Å²) < 4.78 is 6.12. The predicted octanol–water partition coefficient (Wildman–Crippen LogP) is 5.28. The zero-order valence-corrected chi connectivity index (χ0v) is 18.8. The summed E-state index contributed by atoms with van der Waals surface area (Å²) in [6.07, 6.45) is 1.76. The van der Waals surface area contributed by atoms with Crippen molar-refractivity contribution in [3.63, 3.8) is 0 Å². The summed E-state index contributed by atoms with van der Waals surface area (Å²) in [6, 6.07) is 22.5. The van der Waals surface area contributed by atoms with Gasteiger partial charge in [-0.05, 0) is 54.4 Å². The van der Waals surface area contributed by atoms with E-state index in [0.29, 0.717) is 11.6 Å². The maximum atomic E-state index is 6.12. The lowest BCUT2D eigenvalue weighted by molar-refractivity contribution is 0.300. The highest BCUT2D eigenvalue weighted by atomic mass is 35.5. The number of rotatable bonds is 5. The number of anilines is 1. The highest BCUT2D eigenvalue weighted by molar-refractivity contribution is 6.30. The Balaban J connectivity index is 1.35. The average Bonchev–Trinajstić information content (AvgIpc) is 2.83. The van der Waals surface area contributed by atoms with Crippen molar-refractivity contribution in [2.75, 3.05) is 38.1 Å². The van der Waals surface area contributed by atoms with E-state index in [9.17, 15) is 0 Å². The molecule has 0 amide bonds. The third-order valence-electron chi connectivity index (χ3n) is 5.94. The zero-order chi connectivity index (χ0) is 21.9.